The van der Waals surface area contributed by atoms with Crippen LogP contribution in [0.5, 0.6) is 6.01 Å². The summed E-state index contributed by atoms with van der Waals surface area (Å²) in [6, 6.07) is 0.178. The zero-order valence-electron chi connectivity index (χ0n) is 9.73. The number of nitrogen functional groups attached to an aromatic ring is 1. The maximum absolute atomic E-state index is 5.58. The van der Waals surface area contributed by atoms with Crippen LogP contribution < -0.4 is 10.5 Å². The Labute approximate surface area is 104 Å². The first kappa shape index (κ1) is 12.0. The predicted octanol–water partition coefficient (Wildman–Crippen LogP) is 0.380. The summed E-state index contributed by atoms with van der Waals surface area (Å²) in [5, 5.41) is 3.91. The van der Waals surface area contributed by atoms with Crippen molar-refractivity contribution in [2.75, 3.05) is 12.3 Å². The highest BCUT2D eigenvalue weighted by Crippen LogP contribution is 2.08. The summed E-state index contributed by atoms with van der Waals surface area (Å²) in [5.74, 6) is 0.355. The topological polar surface area (TPSA) is 105 Å². The van der Waals surface area contributed by atoms with Crippen LogP contribution in [-0.4, -0.2) is 36.3 Å². The number of anilines is 1. The minimum atomic E-state index is 0.0780. The fraction of sp³-hybridized carbons (Fsp3) is 0.300. The first-order valence-electron chi connectivity index (χ1n) is 5.40. The molecule has 0 aromatic carbocycles. The Morgan fingerprint density at radius 1 is 1.39 bits per heavy atom. The van der Waals surface area contributed by atoms with Gasteiger partial charge in [-0.1, -0.05) is 6.08 Å². The minimum absolute atomic E-state index is 0.0780. The molecule has 2 aromatic heterocycles. The van der Waals surface area contributed by atoms with Crippen LogP contribution >= 0.6 is 0 Å². The molecule has 18 heavy (non-hydrogen) atoms. The molecule has 2 heterocycles. The van der Waals surface area contributed by atoms with Crippen LogP contribution in [0.25, 0.3) is 5.95 Å². The number of ether oxygens (including phenoxy) is 1. The van der Waals surface area contributed by atoms with Gasteiger partial charge in [0.2, 0.25) is 5.95 Å². The zero-order chi connectivity index (χ0) is 12.8. The summed E-state index contributed by atoms with van der Waals surface area (Å²) in [7, 11) is 0. The Kier molecular flexibility index (Phi) is 3.79. The van der Waals surface area contributed by atoms with E-state index in [1.165, 1.54) is 17.3 Å². The number of hydrogen-bond acceptors (Lipinski definition) is 7. The molecule has 0 amide bonds. The van der Waals surface area contributed by atoms with Crippen molar-refractivity contribution < 1.29 is 4.74 Å². The van der Waals surface area contributed by atoms with E-state index in [0.29, 0.717) is 6.61 Å². The van der Waals surface area contributed by atoms with E-state index in [0.717, 1.165) is 12.8 Å². The van der Waals surface area contributed by atoms with Crippen LogP contribution in [-0.2, 0) is 0 Å². The van der Waals surface area contributed by atoms with Crippen LogP contribution in [0.3, 0.4) is 0 Å². The van der Waals surface area contributed by atoms with E-state index >= 15 is 0 Å². The average Bonchev–Trinajstić information content (AvgIpc) is 2.88. The molecule has 0 aliphatic rings. The van der Waals surface area contributed by atoms with Gasteiger partial charge in [0, 0.05) is 0 Å². The van der Waals surface area contributed by atoms with Gasteiger partial charge < -0.3 is 10.5 Å². The molecule has 0 radical (unpaired) electrons. The summed E-state index contributed by atoms with van der Waals surface area (Å²) < 4.78 is 6.76. The quantitative estimate of drug-likeness (QED) is 0.581. The Morgan fingerprint density at radius 2 is 2.28 bits per heavy atom. The lowest BCUT2D eigenvalue weighted by atomic mass is 10.3. The smallest absolute Gasteiger partial charge is 0.323 e. The third-order valence-corrected chi connectivity index (χ3v) is 2.03. The molecule has 2 rings (SSSR count). The summed E-state index contributed by atoms with van der Waals surface area (Å²) in [4.78, 5) is 15.7. The van der Waals surface area contributed by atoms with Gasteiger partial charge in [-0.05, 0) is 12.8 Å². The third-order valence-electron chi connectivity index (χ3n) is 2.03. The normalized spacial score (nSPS) is 10.2. The summed E-state index contributed by atoms with van der Waals surface area (Å²) >= 11 is 0. The van der Waals surface area contributed by atoms with Gasteiger partial charge in [0.1, 0.15) is 12.7 Å². The van der Waals surface area contributed by atoms with Crippen LogP contribution in [0.4, 0.5) is 5.95 Å². The molecule has 8 nitrogen and oxygen atoms in total. The van der Waals surface area contributed by atoms with E-state index < -0.39 is 0 Å². The maximum atomic E-state index is 5.58. The largest absolute Gasteiger partial charge is 0.463 e. The molecular weight excluding hydrogens is 234 g/mol. The lowest BCUT2D eigenvalue weighted by Crippen LogP contribution is -2.10. The van der Waals surface area contributed by atoms with Gasteiger partial charge in [0.15, 0.2) is 0 Å². The van der Waals surface area contributed by atoms with Gasteiger partial charge in [-0.3, -0.25) is 0 Å². The van der Waals surface area contributed by atoms with Crippen LogP contribution in [0.2, 0.25) is 0 Å². The zero-order valence-corrected chi connectivity index (χ0v) is 9.73. The van der Waals surface area contributed by atoms with Gasteiger partial charge in [-0.15, -0.1) is 6.58 Å². The molecular formula is C10H13N7O. The number of unbranched alkanes of at least 4 members (excludes halogenated alkanes) is 1. The summed E-state index contributed by atoms with van der Waals surface area (Å²) in [6.45, 7) is 4.12. The molecule has 2 aromatic rings. The molecule has 0 spiro atoms. The van der Waals surface area contributed by atoms with Gasteiger partial charge in [-0.2, -0.15) is 24.7 Å². The average molecular weight is 247 g/mol. The molecule has 2 N–H and O–H groups in total. The molecule has 0 atom stereocenters. The number of rotatable bonds is 6. The van der Waals surface area contributed by atoms with Crippen molar-refractivity contribution in [3.05, 3.63) is 25.3 Å². The second kappa shape index (κ2) is 5.71. The predicted molar refractivity (Wildman–Crippen MR) is 64.1 cm³/mol. The van der Waals surface area contributed by atoms with Crippen LogP contribution in [0, 0.1) is 0 Å². The lowest BCUT2D eigenvalue weighted by molar-refractivity contribution is 0.286. The number of nitrogens with two attached hydrogens (primary N) is 1. The van der Waals surface area contributed by atoms with Crippen LogP contribution in [0.15, 0.2) is 25.3 Å². The van der Waals surface area contributed by atoms with E-state index in [-0.39, 0.29) is 17.9 Å². The highest BCUT2D eigenvalue weighted by atomic mass is 16.5. The van der Waals surface area contributed by atoms with Crippen molar-refractivity contribution in [3.8, 4) is 12.0 Å². The third kappa shape index (κ3) is 3.00. The van der Waals surface area contributed by atoms with Crippen molar-refractivity contribution in [3.63, 3.8) is 0 Å². The summed E-state index contributed by atoms with van der Waals surface area (Å²) in [5.41, 5.74) is 5.58. The van der Waals surface area contributed by atoms with E-state index in [9.17, 15) is 0 Å². The van der Waals surface area contributed by atoms with Crippen LogP contribution in [0.1, 0.15) is 12.8 Å². The van der Waals surface area contributed by atoms with Crippen molar-refractivity contribution in [1.82, 2.24) is 29.7 Å². The SMILES string of the molecule is C=CCCCOc1nc(N)nc(-n2cncn2)n1. The Balaban J connectivity index is 2.09. The molecule has 0 aliphatic carbocycles. The second-order valence-corrected chi connectivity index (χ2v) is 3.40. The molecule has 0 saturated heterocycles. The number of allylic oxidation sites excluding steroid dienone is 1. The molecule has 94 valence electrons. The lowest BCUT2D eigenvalue weighted by Gasteiger charge is -2.05. The highest BCUT2D eigenvalue weighted by Gasteiger charge is 2.07. The van der Waals surface area contributed by atoms with Crippen molar-refractivity contribution in [2.24, 2.45) is 0 Å². The van der Waals surface area contributed by atoms with Crippen molar-refractivity contribution >= 4 is 5.95 Å². The fourth-order valence-corrected chi connectivity index (χ4v) is 1.23. The van der Waals surface area contributed by atoms with E-state index in [1.54, 1.807) is 0 Å². The van der Waals surface area contributed by atoms with E-state index in [2.05, 4.69) is 31.6 Å². The first-order valence-corrected chi connectivity index (χ1v) is 5.40. The van der Waals surface area contributed by atoms with Crippen molar-refractivity contribution in [1.29, 1.82) is 0 Å². The molecule has 0 unspecified atom stereocenters. The molecule has 0 fully saturated rings. The standard InChI is InChI=1S/C10H13N7O/c1-2-3-4-5-18-10-15-8(11)14-9(16-10)17-7-12-6-13-17/h2,6-7H,1,3-5H2,(H2,11,14,15,16). The molecule has 0 saturated carbocycles. The Morgan fingerprint density at radius 3 is 3.00 bits per heavy atom. The van der Waals surface area contributed by atoms with Crippen molar-refractivity contribution in [2.45, 2.75) is 12.8 Å². The Hall–Kier alpha value is -2.51. The Bertz CT molecular complexity index is 511. The van der Waals surface area contributed by atoms with Gasteiger partial charge in [0.25, 0.3) is 5.95 Å². The summed E-state index contributed by atoms with van der Waals surface area (Å²) in [6.07, 6.45) is 6.39. The first-order chi connectivity index (χ1) is 8.79. The van der Waals surface area contributed by atoms with E-state index in [1.807, 2.05) is 6.08 Å². The fourth-order valence-electron chi connectivity index (χ4n) is 1.23. The van der Waals surface area contributed by atoms with Gasteiger partial charge in [-0.25, -0.2) is 4.98 Å². The maximum Gasteiger partial charge on any atom is 0.323 e. The number of aromatic nitrogens is 6. The molecule has 0 aliphatic heterocycles. The molecule has 0 bridgehead atoms. The van der Waals surface area contributed by atoms with Gasteiger partial charge >= 0.3 is 6.01 Å². The highest BCUT2D eigenvalue weighted by molar-refractivity contribution is 5.23. The van der Waals surface area contributed by atoms with Gasteiger partial charge in [0.05, 0.1) is 6.61 Å². The number of hydrogen-bond donors (Lipinski definition) is 1. The minimum Gasteiger partial charge on any atom is -0.463 e. The molecule has 8 heteroatoms. The monoisotopic (exact) mass is 247 g/mol. The number of nitrogens with zero attached hydrogens (tertiary/aromatic N) is 6. The second-order valence-electron chi connectivity index (χ2n) is 3.40. The van der Waals surface area contributed by atoms with E-state index in [4.69, 9.17) is 10.5 Å².